The molecule has 0 aliphatic rings. The highest BCUT2D eigenvalue weighted by Gasteiger charge is 2.06. The van der Waals surface area contributed by atoms with Crippen LogP contribution in [0.3, 0.4) is 0 Å². The van der Waals surface area contributed by atoms with Gasteiger partial charge in [0.25, 0.3) is 0 Å². The Balaban J connectivity index is 1.99. The van der Waals surface area contributed by atoms with Crippen molar-refractivity contribution in [2.45, 2.75) is 25.8 Å². The summed E-state index contributed by atoms with van der Waals surface area (Å²) in [5.41, 5.74) is 10.1. The predicted molar refractivity (Wildman–Crippen MR) is 80.7 cm³/mol. The first-order valence-corrected chi connectivity index (χ1v) is 6.99. The number of benzene rings is 2. The zero-order valence-corrected chi connectivity index (χ0v) is 12.2. The number of halogens is 1. The summed E-state index contributed by atoms with van der Waals surface area (Å²) in [7, 11) is 0. The standard InChI is InChI=1S/C16H18BrN/c1-12-9-14(7-8-16(12)17)11-15(18)10-13-5-3-2-4-6-13/h2-9,15H,10-11,18H2,1H3. The molecule has 2 heteroatoms. The van der Waals surface area contributed by atoms with Crippen LogP contribution < -0.4 is 5.73 Å². The summed E-state index contributed by atoms with van der Waals surface area (Å²) in [5, 5.41) is 0. The van der Waals surface area contributed by atoms with Crippen LogP contribution in [0, 0.1) is 6.92 Å². The van der Waals surface area contributed by atoms with Crippen LogP contribution in [0.15, 0.2) is 53.0 Å². The van der Waals surface area contributed by atoms with Crippen LogP contribution in [0.2, 0.25) is 0 Å². The summed E-state index contributed by atoms with van der Waals surface area (Å²) >= 11 is 3.52. The van der Waals surface area contributed by atoms with Gasteiger partial charge in [-0.25, -0.2) is 0 Å². The maximum absolute atomic E-state index is 6.21. The highest BCUT2D eigenvalue weighted by molar-refractivity contribution is 9.10. The lowest BCUT2D eigenvalue weighted by atomic mass is 9.99. The Morgan fingerprint density at radius 1 is 1.00 bits per heavy atom. The Morgan fingerprint density at radius 3 is 2.33 bits per heavy atom. The predicted octanol–water partition coefficient (Wildman–Crippen LogP) is 3.87. The van der Waals surface area contributed by atoms with E-state index in [0.717, 1.165) is 17.3 Å². The number of rotatable bonds is 4. The highest BCUT2D eigenvalue weighted by atomic mass is 79.9. The van der Waals surface area contributed by atoms with Gasteiger partial charge in [0.1, 0.15) is 0 Å². The molecule has 0 heterocycles. The molecule has 2 aromatic carbocycles. The second kappa shape index (κ2) is 6.17. The van der Waals surface area contributed by atoms with E-state index in [1.165, 1.54) is 16.7 Å². The van der Waals surface area contributed by atoms with Crippen molar-refractivity contribution in [2.24, 2.45) is 5.73 Å². The molecule has 0 aromatic heterocycles. The second-order valence-electron chi connectivity index (χ2n) is 4.74. The van der Waals surface area contributed by atoms with Crippen molar-refractivity contribution in [3.8, 4) is 0 Å². The van der Waals surface area contributed by atoms with Crippen LogP contribution in [-0.4, -0.2) is 6.04 Å². The maximum atomic E-state index is 6.21. The molecule has 0 aliphatic heterocycles. The monoisotopic (exact) mass is 303 g/mol. The van der Waals surface area contributed by atoms with E-state index in [2.05, 4.69) is 65.3 Å². The normalized spacial score (nSPS) is 12.4. The van der Waals surface area contributed by atoms with E-state index in [-0.39, 0.29) is 6.04 Å². The minimum atomic E-state index is 0.174. The molecule has 2 N–H and O–H groups in total. The first-order chi connectivity index (χ1) is 8.65. The highest BCUT2D eigenvalue weighted by Crippen LogP contribution is 2.18. The number of nitrogens with two attached hydrogens (primary N) is 1. The molecule has 1 atom stereocenters. The van der Waals surface area contributed by atoms with E-state index in [0.29, 0.717) is 0 Å². The summed E-state index contributed by atoms with van der Waals surface area (Å²) < 4.78 is 1.16. The van der Waals surface area contributed by atoms with Crippen LogP contribution in [0.4, 0.5) is 0 Å². The molecule has 0 spiro atoms. The van der Waals surface area contributed by atoms with E-state index < -0.39 is 0 Å². The molecule has 94 valence electrons. The molecular formula is C16H18BrN. The molecule has 2 aromatic rings. The van der Waals surface area contributed by atoms with Gasteiger partial charge >= 0.3 is 0 Å². The smallest absolute Gasteiger partial charge is 0.0204 e. The molecule has 18 heavy (non-hydrogen) atoms. The lowest BCUT2D eigenvalue weighted by Gasteiger charge is -2.12. The third-order valence-corrected chi connectivity index (χ3v) is 3.95. The molecule has 0 bridgehead atoms. The van der Waals surface area contributed by atoms with Gasteiger partial charge in [-0.1, -0.05) is 58.4 Å². The molecule has 0 aliphatic carbocycles. The van der Waals surface area contributed by atoms with Crippen molar-refractivity contribution < 1.29 is 0 Å². The van der Waals surface area contributed by atoms with Crippen molar-refractivity contribution in [2.75, 3.05) is 0 Å². The zero-order chi connectivity index (χ0) is 13.0. The fraction of sp³-hybridized carbons (Fsp3) is 0.250. The minimum Gasteiger partial charge on any atom is -0.327 e. The van der Waals surface area contributed by atoms with Crippen LogP contribution in [-0.2, 0) is 12.8 Å². The zero-order valence-electron chi connectivity index (χ0n) is 10.6. The topological polar surface area (TPSA) is 26.0 Å². The van der Waals surface area contributed by atoms with E-state index in [1.54, 1.807) is 0 Å². The Hall–Kier alpha value is -1.12. The van der Waals surface area contributed by atoms with Crippen molar-refractivity contribution in [1.29, 1.82) is 0 Å². The molecule has 0 saturated carbocycles. The number of hydrogen-bond donors (Lipinski definition) is 1. The first kappa shape index (κ1) is 13.3. The third-order valence-electron chi connectivity index (χ3n) is 3.06. The average Bonchev–Trinajstić information content (AvgIpc) is 2.35. The average molecular weight is 304 g/mol. The summed E-state index contributed by atoms with van der Waals surface area (Å²) in [6.45, 7) is 2.11. The summed E-state index contributed by atoms with van der Waals surface area (Å²) in [6.07, 6.45) is 1.85. The Kier molecular flexibility index (Phi) is 4.56. The lowest BCUT2D eigenvalue weighted by molar-refractivity contribution is 0.664. The molecule has 2 rings (SSSR count). The van der Waals surface area contributed by atoms with Gasteiger partial charge in [0, 0.05) is 10.5 Å². The molecule has 1 unspecified atom stereocenters. The molecule has 1 nitrogen and oxygen atoms in total. The Morgan fingerprint density at radius 2 is 1.67 bits per heavy atom. The second-order valence-corrected chi connectivity index (χ2v) is 5.59. The van der Waals surface area contributed by atoms with Crippen LogP contribution >= 0.6 is 15.9 Å². The minimum absolute atomic E-state index is 0.174. The molecule has 0 fully saturated rings. The molecule has 0 amide bonds. The van der Waals surface area contributed by atoms with Crippen LogP contribution in [0.5, 0.6) is 0 Å². The van der Waals surface area contributed by atoms with E-state index in [9.17, 15) is 0 Å². The molecule has 0 saturated heterocycles. The van der Waals surface area contributed by atoms with Crippen molar-refractivity contribution in [3.63, 3.8) is 0 Å². The van der Waals surface area contributed by atoms with Crippen LogP contribution in [0.25, 0.3) is 0 Å². The van der Waals surface area contributed by atoms with Crippen molar-refractivity contribution in [3.05, 3.63) is 69.7 Å². The van der Waals surface area contributed by atoms with Gasteiger partial charge in [-0.3, -0.25) is 0 Å². The van der Waals surface area contributed by atoms with Gasteiger partial charge in [-0.15, -0.1) is 0 Å². The van der Waals surface area contributed by atoms with Gasteiger partial charge in [0.2, 0.25) is 0 Å². The van der Waals surface area contributed by atoms with Gasteiger partial charge in [0.15, 0.2) is 0 Å². The van der Waals surface area contributed by atoms with Gasteiger partial charge in [-0.05, 0) is 42.5 Å². The van der Waals surface area contributed by atoms with E-state index >= 15 is 0 Å². The fourth-order valence-corrected chi connectivity index (χ4v) is 2.37. The molecule has 0 radical (unpaired) electrons. The van der Waals surface area contributed by atoms with Gasteiger partial charge in [0.05, 0.1) is 0 Å². The SMILES string of the molecule is Cc1cc(CC(N)Cc2ccccc2)ccc1Br. The summed E-state index contributed by atoms with van der Waals surface area (Å²) in [5.74, 6) is 0. The maximum Gasteiger partial charge on any atom is 0.0204 e. The fourth-order valence-electron chi connectivity index (χ4n) is 2.13. The van der Waals surface area contributed by atoms with E-state index in [1.807, 2.05) is 6.07 Å². The lowest BCUT2D eigenvalue weighted by Crippen LogP contribution is -2.25. The molecular weight excluding hydrogens is 286 g/mol. The Bertz CT molecular complexity index is 508. The van der Waals surface area contributed by atoms with Crippen molar-refractivity contribution >= 4 is 15.9 Å². The van der Waals surface area contributed by atoms with Gasteiger partial charge < -0.3 is 5.73 Å². The Labute approximate surface area is 117 Å². The van der Waals surface area contributed by atoms with E-state index in [4.69, 9.17) is 5.73 Å². The van der Waals surface area contributed by atoms with Crippen LogP contribution in [0.1, 0.15) is 16.7 Å². The largest absolute Gasteiger partial charge is 0.327 e. The van der Waals surface area contributed by atoms with Crippen molar-refractivity contribution in [1.82, 2.24) is 0 Å². The first-order valence-electron chi connectivity index (χ1n) is 6.19. The third kappa shape index (κ3) is 3.69. The summed E-state index contributed by atoms with van der Waals surface area (Å²) in [4.78, 5) is 0. The number of hydrogen-bond acceptors (Lipinski definition) is 1. The van der Waals surface area contributed by atoms with Gasteiger partial charge in [-0.2, -0.15) is 0 Å². The quantitative estimate of drug-likeness (QED) is 0.911. The summed E-state index contributed by atoms with van der Waals surface area (Å²) in [6, 6.07) is 17.0. The number of aryl methyl sites for hydroxylation is 1.